The molecule has 6 nitrogen and oxygen atoms in total. The molecule has 3 aromatic rings. The lowest BCUT2D eigenvalue weighted by Crippen LogP contribution is -2.49. The first-order valence-corrected chi connectivity index (χ1v) is 9.86. The molecule has 1 saturated heterocycles. The van der Waals surface area contributed by atoms with Crippen LogP contribution in [0.15, 0.2) is 60.9 Å². The molecule has 0 unspecified atom stereocenters. The number of nitrogens with zero attached hydrogens (tertiary/aromatic N) is 4. The molecule has 1 aliphatic rings. The third kappa shape index (κ3) is 4.21. The van der Waals surface area contributed by atoms with E-state index in [0.29, 0.717) is 24.6 Å². The van der Waals surface area contributed by atoms with E-state index in [2.05, 4.69) is 58.3 Å². The zero-order chi connectivity index (χ0) is 20.2. The summed E-state index contributed by atoms with van der Waals surface area (Å²) in [6.07, 6.45) is 1.45. The number of rotatable bonds is 4. The SMILES string of the molecule is Cc1cccc(C)c1Nc1cc(C(=O)N2CCN(c3ccccc3)CC2)ncn1. The number of piperazine rings is 1. The van der Waals surface area contributed by atoms with E-state index in [1.54, 1.807) is 6.07 Å². The molecule has 2 heterocycles. The first kappa shape index (κ1) is 18.9. The molecular weight excluding hydrogens is 362 g/mol. The van der Waals surface area contributed by atoms with Gasteiger partial charge in [0.2, 0.25) is 0 Å². The maximum atomic E-state index is 13.0. The second kappa shape index (κ2) is 8.31. The van der Waals surface area contributed by atoms with E-state index in [1.165, 1.54) is 12.0 Å². The summed E-state index contributed by atoms with van der Waals surface area (Å²) < 4.78 is 0. The molecular formula is C23H25N5O. The van der Waals surface area contributed by atoms with Crippen molar-refractivity contribution in [2.45, 2.75) is 13.8 Å². The van der Waals surface area contributed by atoms with E-state index in [0.717, 1.165) is 29.9 Å². The molecule has 1 aliphatic heterocycles. The van der Waals surface area contributed by atoms with E-state index in [-0.39, 0.29) is 5.91 Å². The number of carbonyl (C=O) groups is 1. The van der Waals surface area contributed by atoms with Gasteiger partial charge in [0.15, 0.2) is 0 Å². The average Bonchev–Trinajstić information content (AvgIpc) is 2.77. The second-order valence-electron chi connectivity index (χ2n) is 7.30. The Bertz CT molecular complexity index is 977. The summed E-state index contributed by atoms with van der Waals surface area (Å²) >= 11 is 0. The normalized spacial score (nSPS) is 14.0. The smallest absolute Gasteiger partial charge is 0.272 e. The second-order valence-corrected chi connectivity index (χ2v) is 7.30. The molecule has 1 amide bonds. The first-order valence-electron chi connectivity index (χ1n) is 9.86. The average molecular weight is 387 g/mol. The molecule has 1 fully saturated rings. The van der Waals surface area contributed by atoms with Gasteiger partial charge in [-0.3, -0.25) is 4.79 Å². The Balaban J connectivity index is 1.44. The van der Waals surface area contributed by atoms with Crippen molar-refractivity contribution in [2.75, 3.05) is 36.4 Å². The van der Waals surface area contributed by atoms with E-state index in [1.807, 2.05) is 29.2 Å². The molecule has 29 heavy (non-hydrogen) atoms. The number of benzene rings is 2. The molecule has 2 aromatic carbocycles. The van der Waals surface area contributed by atoms with Gasteiger partial charge >= 0.3 is 0 Å². The van der Waals surface area contributed by atoms with Crippen molar-refractivity contribution in [2.24, 2.45) is 0 Å². The van der Waals surface area contributed by atoms with Crippen LogP contribution in [0.2, 0.25) is 0 Å². The summed E-state index contributed by atoms with van der Waals surface area (Å²) in [5, 5.41) is 3.34. The van der Waals surface area contributed by atoms with Crippen molar-refractivity contribution in [3.63, 3.8) is 0 Å². The monoisotopic (exact) mass is 387 g/mol. The topological polar surface area (TPSA) is 61.4 Å². The number of aromatic nitrogens is 2. The minimum atomic E-state index is -0.0512. The third-order valence-corrected chi connectivity index (χ3v) is 5.31. The Morgan fingerprint density at radius 2 is 1.59 bits per heavy atom. The van der Waals surface area contributed by atoms with Crippen LogP contribution in [0.25, 0.3) is 0 Å². The predicted octanol–water partition coefficient (Wildman–Crippen LogP) is 3.80. The van der Waals surface area contributed by atoms with Crippen LogP contribution >= 0.6 is 0 Å². The number of carbonyl (C=O) groups excluding carboxylic acids is 1. The van der Waals surface area contributed by atoms with Gasteiger partial charge in [-0.05, 0) is 37.1 Å². The van der Waals surface area contributed by atoms with Gasteiger partial charge in [0.05, 0.1) is 0 Å². The van der Waals surface area contributed by atoms with Gasteiger partial charge in [-0.1, -0.05) is 36.4 Å². The number of nitrogens with one attached hydrogen (secondary N) is 1. The van der Waals surface area contributed by atoms with E-state index in [9.17, 15) is 4.79 Å². The van der Waals surface area contributed by atoms with Crippen molar-refractivity contribution in [1.82, 2.24) is 14.9 Å². The van der Waals surface area contributed by atoms with Gasteiger partial charge in [0, 0.05) is 43.6 Å². The quantitative estimate of drug-likeness (QED) is 0.738. The fraction of sp³-hybridized carbons (Fsp3) is 0.261. The summed E-state index contributed by atoms with van der Waals surface area (Å²) in [6, 6.07) is 18.2. The number of anilines is 3. The molecule has 1 N–H and O–H groups in total. The molecule has 0 saturated carbocycles. The molecule has 0 atom stereocenters. The van der Waals surface area contributed by atoms with Gasteiger partial charge in [-0.25, -0.2) is 9.97 Å². The Morgan fingerprint density at radius 3 is 2.28 bits per heavy atom. The highest BCUT2D eigenvalue weighted by molar-refractivity contribution is 5.93. The molecule has 0 bridgehead atoms. The van der Waals surface area contributed by atoms with Crippen LogP contribution in [0.4, 0.5) is 17.2 Å². The summed E-state index contributed by atoms with van der Waals surface area (Å²) in [5.74, 6) is 0.577. The number of para-hydroxylation sites is 2. The van der Waals surface area contributed by atoms with Crippen molar-refractivity contribution >= 4 is 23.1 Å². The Labute approximate surface area is 171 Å². The van der Waals surface area contributed by atoms with Gasteiger partial charge in [0.25, 0.3) is 5.91 Å². The molecule has 6 heteroatoms. The molecule has 1 aromatic heterocycles. The van der Waals surface area contributed by atoms with Crippen LogP contribution in [0, 0.1) is 13.8 Å². The lowest BCUT2D eigenvalue weighted by atomic mass is 10.1. The van der Waals surface area contributed by atoms with E-state index < -0.39 is 0 Å². The van der Waals surface area contributed by atoms with Gasteiger partial charge < -0.3 is 15.1 Å². The van der Waals surface area contributed by atoms with Crippen molar-refractivity contribution < 1.29 is 4.79 Å². The zero-order valence-corrected chi connectivity index (χ0v) is 16.8. The summed E-state index contributed by atoms with van der Waals surface area (Å²) in [4.78, 5) is 25.7. The maximum absolute atomic E-state index is 13.0. The summed E-state index contributed by atoms with van der Waals surface area (Å²) in [6.45, 7) is 7.08. The molecule has 0 spiro atoms. The Morgan fingerprint density at radius 1 is 0.897 bits per heavy atom. The summed E-state index contributed by atoms with van der Waals surface area (Å²) in [5.41, 5.74) is 4.90. The van der Waals surface area contributed by atoms with Crippen LogP contribution in [0.3, 0.4) is 0 Å². The molecule has 0 radical (unpaired) electrons. The lowest BCUT2D eigenvalue weighted by Gasteiger charge is -2.36. The molecule has 4 rings (SSSR count). The zero-order valence-electron chi connectivity index (χ0n) is 16.8. The molecule has 0 aliphatic carbocycles. The highest BCUT2D eigenvalue weighted by Gasteiger charge is 2.23. The van der Waals surface area contributed by atoms with Crippen molar-refractivity contribution in [1.29, 1.82) is 0 Å². The Hall–Kier alpha value is -3.41. The van der Waals surface area contributed by atoms with Gasteiger partial charge in [-0.15, -0.1) is 0 Å². The lowest BCUT2D eigenvalue weighted by molar-refractivity contribution is 0.0740. The van der Waals surface area contributed by atoms with Crippen LogP contribution in [0.1, 0.15) is 21.6 Å². The summed E-state index contributed by atoms with van der Waals surface area (Å²) in [7, 11) is 0. The van der Waals surface area contributed by atoms with Crippen LogP contribution < -0.4 is 10.2 Å². The maximum Gasteiger partial charge on any atom is 0.272 e. The number of aryl methyl sites for hydroxylation is 2. The fourth-order valence-electron chi connectivity index (χ4n) is 3.65. The van der Waals surface area contributed by atoms with Crippen LogP contribution in [0.5, 0.6) is 0 Å². The minimum Gasteiger partial charge on any atom is -0.368 e. The molecule has 148 valence electrons. The first-order chi connectivity index (χ1) is 14.1. The minimum absolute atomic E-state index is 0.0512. The van der Waals surface area contributed by atoms with E-state index in [4.69, 9.17) is 0 Å². The number of amides is 1. The third-order valence-electron chi connectivity index (χ3n) is 5.31. The fourth-order valence-corrected chi connectivity index (χ4v) is 3.65. The number of hydrogen-bond acceptors (Lipinski definition) is 5. The van der Waals surface area contributed by atoms with Crippen LogP contribution in [-0.4, -0.2) is 47.0 Å². The standard InChI is InChI=1S/C23H25N5O/c1-17-7-6-8-18(2)22(17)26-21-15-20(24-16-25-21)23(29)28-13-11-27(12-14-28)19-9-4-3-5-10-19/h3-10,15-16H,11-14H2,1-2H3,(H,24,25,26). The number of hydrogen-bond donors (Lipinski definition) is 1. The van der Waals surface area contributed by atoms with Crippen LogP contribution in [-0.2, 0) is 0 Å². The Kier molecular flexibility index (Phi) is 5.42. The predicted molar refractivity (Wildman–Crippen MR) is 116 cm³/mol. The highest BCUT2D eigenvalue weighted by Crippen LogP contribution is 2.23. The van der Waals surface area contributed by atoms with E-state index >= 15 is 0 Å². The largest absolute Gasteiger partial charge is 0.368 e. The van der Waals surface area contributed by atoms with Gasteiger partial charge in [-0.2, -0.15) is 0 Å². The van der Waals surface area contributed by atoms with Crippen molar-refractivity contribution in [3.8, 4) is 0 Å². The van der Waals surface area contributed by atoms with Crippen molar-refractivity contribution in [3.05, 3.63) is 77.7 Å². The highest BCUT2D eigenvalue weighted by atomic mass is 16.2. The van der Waals surface area contributed by atoms with Gasteiger partial charge in [0.1, 0.15) is 17.8 Å².